The molecule has 2 aromatic heterocycles. The number of hydrogen-bond acceptors (Lipinski definition) is 7. The summed E-state index contributed by atoms with van der Waals surface area (Å²) in [5.74, 6) is 1.95. The molecule has 110 valence electrons. The number of imidazole rings is 1. The van der Waals surface area contributed by atoms with Crippen molar-refractivity contribution in [3.63, 3.8) is 0 Å². The Labute approximate surface area is 122 Å². The van der Waals surface area contributed by atoms with Crippen LogP contribution in [0.4, 0.5) is 11.9 Å². The average Bonchev–Trinajstić information content (AvgIpc) is 3.02. The monoisotopic (exact) mass is 286 g/mol. The van der Waals surface area contributed by atoms with E-state index in [0.717, 1.165) is 6.54 Å². The summed E-state index contributed by atoms with van der Waals surface area (Å²) in [6.07, 6.45) is 7.60. The fourth-order valence-electron chi connectivity index (χ4n) is 3.23. The van der Waals surface area contributed by atoms with Crippen molar-refractivity contribution >= 4 is 11.9 Å². The molecule has 5 rings (SSSR count). The van der Waals surface area contributed by atoms with Crippen molar-refractivity contribution in [2.75, 3.05) is 30.7 Å². The Hall–Kier alpha value is -2.22. The highest BCUT2D eigenvalue weighted by Crippen LogP contribution is 2.29. The minimum absolute atomic E-state index is 0.220. The summed E-state index contributed by atoms with van der Waals surface area (Å²) in [6, 6.07) is 0.393. The minimum atomic E-state index is 0.220. The Kier molecular flexibility index (Phi) is 2.95. The van der Waals surface area contributed by atoms with Crippen LogP contribution in [0.25, 0.3) is 5.95 Å². The number of nitrogens with zero attached hydrogens (tertiary/aromatic N) is 6. The second-order valence-corrected chi connectivity index (χ2v) is 5.68. The Morgan fingerprint density at radius 3 is 2.71 bits per heavy atom. The van der Waals surface area contributed by atoms with Gasteiger partial charge in [0.05, 0.1) is 0 Å². The van der Waals surface area contributed by atoms with Crippen molar-refractivity contribution in [2.24, 2.45) is 5.92 Å². The van der Waals surface area contributed by atoms with Gasteiger partial charge in [-0.1, -0.05) is 0 Å². The smallest absolute Gasteiger partial charge is 0.241 e. The largest absolute Gasteiger partial charge is 0.368 e. The summed E-state index contributed by atoms with van der Waals surface area (Å²) in [5.41, 5.74) is 5.80. The van der Waals surface area contributed by atoms with Gasteiger partial charge in [0.25, 0.3) is 0 Å². The van der Waals surface area contributed by atoms with Crippen LogP contribution >= 0.6 is 0 Å². The van der Waals surface area contributed by atoms with E-state index in [2.05, 4.69) is 30.2 Å². The molecule has 2 aromatic rings. The number of nitrogens with one attached hydrogen (secondary N) is 1. The number of piperidine rings is 3. The Balaban J connectivity index is 1.58. The molecule has 3 aliphatic rings. The van der Waals surface area contributed by atoms with Crippen LogP contribution in [0, 0.1) is 5.92 Å². The molecular weight excluding hydrogens is 268 g/mol. The lowest BCUT2D eigenvalue weighted by Crippen LogP contribution is -2.53. The zero-order valence-corrected chi connectivity index (χ0v) is 11.7. The normalized spacial score (nSPS) is 27.7. The molecule has 1 unspecified atom stereocenters. The number of hydrogen-bond donors (Lipinski definition) is 2. The van der Waals surface area contributed by atoms with E-state index in [-0.39, 0.29) is 5.95 Å². The lowest BCUT2D eigenvalue weighted by Gasteiger charge is -2.44. The summed E-state index contributed by atoms with van der Waals surface area (Å²) in [7, 11) is 0. The van der Waals surface area contributed by atoms with Gasteiger partial charge >= 0.3 is 0 Å². The van der Waals surface area contributed by atoms with Crippen LogP contribution in [0.3, 0.4) is 0 Å². The molecule has 0 amide bonds. The summed E-state index contributed by atoms with van der Waals surface area (Å²) in [5, 5.41) is 3.44. The molecule has 3 fully saturated rings. The van der Waals surface area contributed by atoms with E-state index in [9.17, 15) is 0 Å². The van der Waals surface area contributed by atoms with Crippen LogP contribution in [0.15, 0.2) is 18.7 Å². The zero-order chi connectivity index (χ0) is 14.2. The molecule has 3 saturated heterocycles. The fraction of sp³-hybridized carbons (Fsp3) is 0.538. The van der Waals surface area contributed by atoms with Crippen molar-refractivity contribution in [1.82, 2.24) is 29.4 Å². The summed E-state index contributed by atoms with van der Waals surface area (Å²) >= 11 is 0. The molecule has 21 heavy (non-hydrogen) atoms. The van der Waals surface area contributed by atoms with E-state index in [4.69, 9.17) is 5.73 Å². The van der Waals surface area contributed by atoms with Crippen LogP contribution in [0.1, 0.15) is 12.8 Å². The maximum absolute atomic E-state index is 5.80. The number of anilines is 2. The number of aromatic nitrogens is 5. The molecule has 0 aromatic carbocycles. The number of rotatable bonds is 3. The van der Waals surface area contributed by atoms with E-state index in [0.29, 0.717) is 23.9 Å². The van der Waals surface area contributed by atoms with Crippen LogP contribution in [0.5, 0.6) is 0 Å². The van der Waals surface area contributed by atoms with Gasteiger partial charge in [-0.25, -0.2) is 4.98 Å². The van der Waals surface area contributed by atoms with E-state index in [1.807, 2.05) is 0 Å². The minimum Gasteiger partial charge on any atom is -0.368 e. The van der Waals surface area contributed by atoms with Crippen LogP contribution in [0.2, 0.25) is 0 Å². The molecule has 1 atom stereocenters. The van der Waals surface area contributed by atoms with E-state index in [1.165, 1.54) is 25.9 Å². The van der Waals surface area contributed by atoms with Crippen molar-refractivity contribution in [1.29, 1.82) is 0 Å². The summed E-state index contributed by atoms with van der Waals surface area (Å²) in [6.45, 7) is 3.47. The first-order valence-corrected chi connectivity index (χ1v) is 7.27. The molecule has 8 nitrogen and oxygen atoms in total. The van der Waals surface area contributed by atoms with E-state index < -0.39 is 0 Å². The van der Waals surface area contributed by atoms with Gasteiger partial charge < -0.3 is 16.0 Å². The third-order valence-electron chi connectivity index (χ3n) is 4.35. The molecule has 3 N–H and O–H groups in total. The number of fused-ring (bicyclic) bond motifs is 3. The Bertz CT molecular complexity index is 617. The molecule has 2 bridgehead atoms. The fourth-order valence-corrected chi connectivity index (χ4v) is 3.23. The molecule has 8 heteroatoms. The van der Waals surface area contributed by atoms with Gasteiger partial charge in [0.1, 0.15) is 6.33 Å². The highest BCUT2D eigenvalue weighted by atomic mass is 15.3. The second-order valence-electron chi connectivity index (χ2n) is 5.68. The van der Waals surface area contributed by atoms with Gasteiger partial charge in [-0.3, -0.25) is 4.57 Å². The van der Waals surface area contributed by atoms with Crippen molar-refractivity contribution < 1.29 is 0 Å². The maximum Gasteiger partial charge on any atom is 0.241 e. The predicted molar refractivity (Wildman–Crippen MR) is 77.9 cm³/mol. The maximum atomic E-state index is 5.80. The van der Waals surface area contributed by atoms with Crippen molar-refractivity contribution in [2.45, 2.75) is 18.9 Å². The highest BCUT2D eigenvalue weighted by molar-refractivity contribution is 5.36. The standard InChI is InChI=1S/C13H18N8/c14-11-17-12(19-13(18-11)21-6-3-15-8-21)16-10-7-20-4-1-9(10)2-5-20/h3,6,8-10H,1-2,4-5,7H2,(H3,14,16,17,18,19). The lowest BCUT2D eigenvalue weighted by molar-refractivity contribution is 0.0972. The van der Waals surface area contributed by atoms with Crippen LogP contribution in [-0.2, 0) is 0 Å². The molecular formula is C13H18N8. The first kappa shape index (κ1) is 12.5. The van der Waals surface area contributed by atoms with Crippen molar-refractivity contribution in [3.8, 4) is 5.95 Å². The molecule has 0 radical (unpaired) electrons. The van der Waals surface area contributed by atoms with E-state index in [1.54, 1.807) is 23.3 Å². The summed E-state index contributed by atoms with van der Waals surface area (Å²) < 4.78 is 1.72. The van der Waals surface area contributed by atoms with Gasteiger partial charge in [0.15, 0.2) is 0 Å². The van der Waals surface area contributed by atoms with Crippen molar-refractivity contribution in [3.05, 3.63) is 18.7 Å². The van der Waals surface area contributed by atoms with Gasteiger partial charge in [0.2, 0.25) is 17.8 Å². The SMILES string of the molecule is Nc1nc(NC2CN3CCC2CC3)nc(-n2ccnc2)n1. The average molecular weight is 286 g/mol. The first-order chi connectivity index (χ1) is 10.3. The zero-order valence-electron chi connectivity index (χ0n) is 11.7. The quantitative estimate of drug-likeness (QED) is 0.828. The lowest BCUT2D eigenvalue weighted by atomic mass is 9.84. The first-order valence-electron chi connectivity index (χ1n) is 7.27. The van der Waals surface area contributed by atoms with Crippen LogP contribution in [-0.4, -0.2) is 55.1 Å². The molecule has 0 spiro atoms. The molecule has 0 saturated carbocycles. The second kappa shape index (κ2) is 4.96. The highest BCUT2D eigenvalue weighted by Gasteiger charge is 2.34. The molecule has 3 aliphatic heterocycles. The van der Waals surface area contributed by atoms with Crippen LogP contribution < -0.4 is 11.1 Å². The number of nitrogen functional groups attached to an aromatic ring is 1. The molecule has 5 heterocycles. The topological polar surface area (TPSA) is 97.8 Å². The number of nitrogens with two attached hydrogens (primary N) is 1. The van der Waals surface area contributed by atoms with E-state index >= 15 is 0 Å². The summed E-state index contributed by atoms with van der Waals surface area (Å²) in [4.78, 5) is 19.3. The molecule has 0 aliphatic carbocycles. The Morgan fingerprint density at radius 2 is 2.05 bits per heavy atom. The van der Waals surface area contributed by atoms with Gasteiger partial charge in [-0.05, 0) is 31.8 Å². The predicted octanol–water partition coefficient (Wildman–Crippen LogP) is 0.146. The third-order valence-corrected chi connectivity index (χ3v) is 4.35. The van der Waals surface area contributed by atoms with Gasteiger partial charge in [-0.2, -0.15) is 15.0 Å². The Morgan fingerprint density at radius 1 is 1.19 bits per heavy atom. The third kappa shape index (κ3) is 2.42. The van der Waals surface area contributed by atoms with Gasteiger partial charge in [-0.15, -0.1) is 0 Å². The van der Waals surface area contributed by atoms with Gasteiger partial charge in [0, 0.05) is 25.0 Å².